The van der Waals surface area contributed by atoms with Gasteiger partial charge in [0.05, 0.1) is 0 Å². The van der Waals surface area contributed by atoms with Crippen LogP contribution in [0.4, 0.5) is 0 Å². The number of hydrogen-bond acceptors (Lipinski definition) is 4. The van der Waals surface area contributed by atoms with E-state index in [0.717, 1.165) is 49.7 Å². The Kier molecular flexibility index (Phi) is 6.68. The number of carbonyl (C=O) groups is 1. The molecule has 1 saturated heterocycles. The van der Waals surface area contributed by atoms with Crippen LogP contribution < -0.4 is 0 Å². The quantitative estimate of drug-likeness (QED) is 0.682. The van der Waals surface area contributed by atoms with Crippen LogP contribution in [0, 0.1) is 5.92 Å². The molecule has 1 aliphatic heterocycles. The third-order valence-electron chi connectivity index (χ3n) is 5.99. The van der Waals surface area contributed by atoms with E-state index in [4.69, 9.17) is 0 Å². The van der Waals surface area contributed by atoms with Crippen molar-refractivity contribution in [1.82, 2.24) is 20.1 Å². The molecule has 1 aromatic carbocycles. The van der Waals surface area contributed by atoms with Crippen LogP contribution in [-0.4, -0.2) is 39.1 Å². The number of H-pyrrole nitrogens is 1. The van der Waals surface area contributed by atoms with Gasteiger partial charge >= 0.3 is 0 Å². The molecule has 1 amide bonds. The van der Waals surface area contributed by atoms with E-state index in [1.54, 1.807) is 0 Å². The average Bonchev–Trinajstić information content (AvgIpc) is 3.43. The van der Waals surface area contributed by atoms with E-state index in [9.17, 15) is 4.79 Å². The molecule has 6 heteroatoms. The van der Waals surface area contributed by atoms with Crippen molar-refractivity contribution in [3.63, 3.8) is 0 Å². The van der Waals surface area contributed by atoms with Crippen molar-refractivity contribution >= 4 is 17.7 Å². The van der Waals surface area contributed by atoms with E-state index in [1.807, 2.05) is 35.2 Å². The molecular weight excluding hydrogens is 368 g/mol. The van der Waals surface area contributed by atoms with Gasteiger partial charge in [0.15, 0.2) is 0 Å². The number of likely N-dealkylation sites (tertiary alicyclic amines) is 1. The highest BCUT2D eigenvalue weighted by atomic mass is 32.2. The van der Waals surface area contributed by atoms with Crippen LogP contribution in [0.25, 0.3) is 0 Å². The largest absolute Gasteiger partial charge is 0.341 e. The summed E-state index contributed by atoms with van der Waals surface area (Å²) in [7, 11) is 0. The molecule has 0 bridgehead atoms. The molecule has 0 radical (unpaired) electrons. The zero-order valence-corrected chi connectivity index (χ0v) is 17.3. The lowest BCUT2D eigenvalue weighted by atomic mass is 10.0. The molecule has 1 atom stereocenters. The molecule has 4 rings (SSSR count). The van der Waals surface area contributed by atoms with Crippen LogP contribution in [0.2, 0.25) is 0 Å². The highest BCUT2D eigenvalue weighted by Gasteiger charge is 2.29. The van der Waals surface area contributed by atoms with Crippen molar-refractivity contribution in [3.05, 3.63) is 41.7 Å². The first-order valence-corrected chi connectivity index (χ1v) is 11.6. The Hall–Kier alpha value is -1.82. The number of amides is 1. The maximum atomic E-state index is 13.2. The summed E-state index contributed by atoms with van der Waals surface area (Å²) in [6.07, 6.45) is 11.0. The smallest absolute Gasteiger partial charge is 0.240 e. The third kappa shape index (κ3) is 4.96. The first-order valence-electron chi connectivity index (χ1n) is 10.7. The van der Waals surface area contributed by atoms with Gasteiger partial charge < -0.3 is 4.90 Å². The van der Waals surface area contributed by atoms with Crippen molar-refractivity contribution in [1.29, 1.82) is 0 Å². The van der Waals surface area contributed by atoms with E-state index in [-0.39, 0.29) is 11.2 Å². The van der Waals surface area contributed by atoms with Crippen molar-refractivity contribution in [2.45, 2.75) is 68.2 Å². The van der Waals surface area contributed by atoms with Gasteiger partial charge in [0.25, 0.3) is 0 Å². The third-order valence-corrected chi connectivity index (χ3v) is 7.10. The van der Waals surface area contributed by atoms with Gasteiger partial charge in [-0.15, -0.1) is 5.10 Å². The minimum absolute atomic E-state index is 0.188. The van der Waals surface area contributed by atoms with Gasteiger partial charge in [-0.05, 0) is 37.2 Å². The van der Waals surface area contributed by atoms with Gasteiger partial charge in [-0.3, -0.25) is 9.89 Å². The summed E-state index contributed by atoms with van der Waals surface area (Å²) in [5.41, 5.74) is 1.03. The highest BCUT2D eigenvalue weighted by molar-refractivity contribution is 8.00. The molecule has 5 nitrogen and oxygen atoms in total. The van der Waals surface area contributed by atoms with Crippen molar-refractivity contribution in [3.8, 4) is 0 Å². The Morgan fingerprint density at radius 1 is 1.11 bits per heavy atom. The van der Waals surface area contributed by atoms with Crippen LogP contribution in [0.3, 0.4) is 0 Å². The number of carbonyl (C=O) groups excluding carboxylic acids is 1. The minimum atomic E-state index is -0.280. The first kappa shape index (κ1) is 19.5. The summed E-state index contributed by atoms with van der Waals surface area (Å²) in [5.74, 6) is 1.98. The summed E-state index contributed by atoms with van der Waals surface area (Å²) < 4.78 is 0. The van der Waals surface area contributed by atoms with Gasteiger partial charge in [0, 0.05) is 19.5 Å². The molecule has 1 unspecified atom stereocenters. The molecular formula is C22H30N4OS. The fourth-order valence-electron chi connectivity index (χ4n) is 4.36. The van der Waals surface area contributed by atoms with Crippen LogP contribution in [0.1, 0.15) is 68.0 Å². The number of benzene rings is 1. The van der Waals surface area contributed by atoms with Crippen molar-refractivity contribution < 1.29 is 4.79 Å². The monoisotopic (exact) mass is 398 g/mol. The second-order valence-electron chi connectivity index (χ2n) is 8.05. The molecule has 2 fully saturated rings. The lowest BCUT2D eigenvalue weighted by Crippen LogP contribution is -2.38. The number of aromatic nitrogens is 3. The topological polar surface area (TPSA) is 61.9 Å². The SMILES string of the molecule is O=C(C(Sc1n[nH]c(CCC2CCCC2)n1)c1ccccc1)N1CCCCC1. The number of aryl methyl sites for hydroxylation is 1. The van der Waals surface area contributed by atoms with Gasteiger partial charge in [-0.1, -0.05) is 67.8 Å². The molecule has 1 aromatic heterocycles. The molecule has 2 heterocycles. The maximum absolute atomic E-state index is 13.2. The van der Waals surface area contributed by atoms with Gasteiger partial charge in [0.1, 0.15) is 11.1 Å². The van der Waals surface area contributed by atoms with Gasteiger partial charge in [0.2, 0.25) is 11.1 Å². The highest BCUT2D eigenvalue weighted by Crippen LogP contribution is 2.36. The molecule has 1 aliphatic carbocycles. The molecule has 28 heavy (non-hydrogen) atoms. The fraction of sp³-hybridized carbons (Fsp3) is 0.591. The zero-order chi connectivity index (χ0) is 19.2. The molecule has 2 aliphatic rings. The summed E-state index contributed by atoms with van der Waals surface area (Å²) in [6.45, 7) is 1.73. The Balaban J connectivity index is 1.44. The second-order valence-corrected chi connectivity index (χ2v) is 9.12. The van der Waals surface area contributed by atoms with Gasteiger partial charge in [-0.25, -0.2) is 4.98 Å². The summed E-state index contributed by atoms with van der Waals surface area (Å²) in [4.78, 5) is 20.0. The Morgan fingerprint density at radius 3 is 2.61 bits per heavy atom. The maximum Gasteiger partial charge on any atom is 0.240 e. The van der Waals surface area contributed by atoms with E-state index in [0.29, 0.717) is 5.16 Å². The number of aromatic amines is 1. The number of thioether (sulfide) groups is 1. The number of rotatable bonds is 7. The number of nitrogens with one attached hydrogen (secondary N) is 1. The van der Waals surface area contributed by atoms with Crippen molar-refractivity contribution in [2.75, 3.05) is 13.1 Å². The Morgan fingerprint density at radius 2 is 1.86 bits per heavy atom. The van der Waals surface area contributed by atoms with E-state index < -0.39 is 0 Å². The predicted octanol–water partition coefficient (Wildman–Crippen LogP) is 4.77. The predicted molar refractivity (Wildman–Crippen MR) is 112 cm³/mol. The standard InChI is InChI=1S/C22H30N4OS/c27-21(26-15-7-2-8-16-26)20(18-11-3-1-4-12-18)28-22-23-19(24-25-22)14-13-17-9-5-6-10-17/h1,3-4,11-12,17,20H,2,5-10,13-16H2,(H,23,24,25). The van der Waals surface area contributed by atoms with E-state index in [1.165, 1.54) is 50.3 Å². The average molecular weight is 399 g/mol. The lowest BCUT2D eigenvalue weighted by Gasteiger charge is -2.30. The summed E-state index contributed by atoms with van der Waals surface area (Å²) in [5, 5.41) is 7.91. The molecule has 1 saturated carbocycles. The minimum Gasteiger partial charge on any atom is -0.341 e. The molecule has 150 valence electrons. The normalized spacial score (nSPS) is 19.1. The Labute approximate surface area is 171 Å². The van der Waals surface area contributed by atoms with E-state index >= 15 is 0 Å². The lowest BCUT2D eigenvalue weighted by molar-refractivity contribution is -0.131. The molecule has 2 aromatic rings. The number of piperidine rings is 1. The molecule has 0 spiro atoms. The zero-order valence-electron chi connectivity index (χ0n) is 16.5. The fourth-order valence-corrected chi connectivity index (χ4v) is 5.37. The Bertz CT molecular complexity index is 751. The molecule has 1 N–H and O–H groups in total. The van der Waals surface area contributed by atoms with Crippen LogP contribution in [0.5, 0.6) is 0 Å². The van der Waals surface area contributed by atoms with Crippen molar-refractivity contribution in [2.24, 2.45) is 5.92 Å². The number of hydrogen-bond donors (Lipinski definition) is 1. The van der Waals surface area contributed by atoms with Crippen LogP contribution >= 0.6 is 11.8 Å². The summed E-state index contributed by atoms with van der Waals surface area (Å²) in [6, 6.07) is 10.1. The van der Waals surface area contributed by atoms with Crippen LogP contribution in [0.15, 0.2) is 35.5 Å². The van der Waals surface area contributed by atoms with Crippen LogP contribution in [-0.2, 0) is 11.2 Å². The van der Waals surface area contributed by atoms with E-state index in [2.05, 4.69) is 15.2 Å². The van der Waals surface area contributed by atoms with Gasteiger partial charge in [-0.2, -0.15) is 0 Å². The number of nitrogens with zero attached hydrogens (tertiary/aromatic N) is 3. The summed E-state index contributed by atoms with van der Waals surface area (Å²) >= 11 is 1.48. The first-order chi connectivity index (χ1) is 13.8. The second kappa shape index (κ2) is 9.59.